The number of hydrogen-bond donors (Lipinski definition) is 1. The van der Waals surface area contributed by atoms with E-state index < -0.39 is 0 Å². The molecule has 0 radical (unpaired) electrons. The van der Waals surface area contributed by atoms with Crippen LogP contribution in [0.25, 0.3) is 11.0 Å². The predicted molar refractivity (Wildman–Crippen MR) is 56.4 cm³/mol. The van der Waals surface area contributed by atoms with E-state index in [2.05, 4.69) is 15.9 Å². The zero-order valence-electron chi connectivity index (χ0n) is 7.58. The molecule has 0 amide bonds. The van der Waals surface area contributed by atoms with Crippen molar-refractivity contribution in [3.63, 3.8) is 0 Å². The highest BCUT2D eigenvalue weighted by molar-refractivity contribution is 9.10. The zero-order chi connectivity index (χ0) is 10.1. The van der Waals surface area contributed by atoms with Crippen molar-refractivity contribution in [1.82, 2.24) is 0 Å². The summed E-state index contributed by atoms with van der Waals surface area (Å²) in [6, 6.07) is 3.59. The van der Waals surface area contributed by atoms with Gasteiger partial charge in [-0.2, -0.15) is 0 Å². The van der Waals surface area contributed by atoms with Crippen molar-refractivity contribution in [1.29, 1.82) is 0 Å². The molecule has 14 heavy (non-hydrogen) atoms. The summed E-state index contributed by atoms with van der Waals surface area (Å²) in [5.41, 5.74) is 1.48. The van der Waals surface area contributed by atoms with Gasteiger partial charge in [0.1, 0.15) is 0 Å². The van der Waals surface area contributed by atoms with E-state index in [1.807, 2.05) is 6.07 Å². The Morgan fingerprint density at radius 2 is 2.36 bits per heavy atom. The molecule has 1 heterocycles. The van der Waals surface area contributed by atoms with Gasteiger partial charge in [0, 0.05) is 9.86 Å². The summed E-state index contributed by atoms with van der Waals surface area (Å²) in [5, 5.41) is 10.0. The number of methoxy groups -OCH3 is 1. The van der Waals surface area contributed by atoms with Gasteiger partial charge in [-0.1, -0.05) is 0 Å². The Bertz CT molecular complexity index is 462. The monoisotopic (exact) mass is 256 g/mol. The van der Waals surface area contributed by atoms with E-state index >= 15 is 0 Å². The van der Waals surface area contributed by atoms with Gasteiger partial charge in [-0.05, 0) is 33.6 Å². The molecule has 2 rings (SSSR count). The number of rotatable bonds is 2. The van der Waals surface area contributed by atoms with E-state index in [0.29, 0.717) is 11.3 Å². The number of aliphatic hydroxyl groups is 1. The number of hydrogen-bond acceptors (Lipinski definition) is 3. The molecule has 0 atom stereocenters. The second-order valence-corrected chi connectivity index (χ2v) is 3.67. The summed E-state index contributed by atoms with van der Waals surface area (Å²) in [5.74, 6) is 0.636. The third-order valence-corrected chi connectivity index (χ3v) is 3.04. The number of ether oxygens (including phenoxy) is 1. The molecule has 0 fully saturated rings. The summed E-state index contributed by atoms with van der Waals surface area (Å²) >= 11 is 3.41. The average molecular weight is 257 g/mol. The average Bonchev–Trinajstić information content (AvgIpc) is 2.68. The fraction of sp³-hybridized carbons (Fsp3) is 0.200. The molecule has 0 spiro atoms. The van der Waals surface area contributed by atoms with Crippen molar-refractivity contribution in [3.8, 4) is 5.75 Å². The van der Waals surface area contributed by atoms with Crippen molar-refractivity contribution in [2.45, 2.75) is 6.61 Å². The summed E-state index contributed by atoms with van der Waals surface area (Å²) in [6.07, 6.45) is 1.60. The van der Waals surface area contributed by atoms with Crippen molar-refractivity contribution < 1.29 is 14.3 Å². The molecule has 1 aromatic heterocycles. The third kappa shape index (κ3) is 1.31. The van der Waals surface area contributed by atoms with Gasteiger partial charge in [0.2, 0.25) is 0 Å². The summed E-state index contributed by atoms with van der Waals surface area (Å²) in [7, 11) is 1.58. The lowest BCUT2D eigenvalue weighted by atomic mass is 10.1. The van der Waals surface area contributed by atoms with Crippen LogP contribution in [0.1, 0.15) is 5.56 Å². The first-order chi connectivity index (χ1) is 6.77. The molecule has 0 saturated carbocycles. The lowest BCUT2D eigenvalue weighted by molar-refractivity contribution is 0.280. The quantitative estimate of drug-likeness (QED) is 0.899. The van der Waals surface area contributed by atoms with Crippen LogP contribution in [0.4, 0.5) is 0 Å². The summed E-state index contributed by atoms with van der Waals surface area (Å²) in [6.45, 7) is -0.0297. The Hall–Kier alpha value is -1.00. The van der Waals surface area contributed by atoms with Crippen molar-refractivity contribution >= 4 is 26.9 Å². The zero-order valence-corrected chi connectivity index (χ0v) is 9.17. The van der Waals surface area contributed by atoms with Crippen molar-refractivity contribution in [2.75, 3.05) is 7.11 Å². The standard InChI is InChI=1S/C10H9BrO3/c1-13-8-4-6(5-12)9(11)7-2-3-14-10(7)8/h2-4,12H,5H2,1H3. The second kappa shape index (κ2) is 3.63. The van der Waals surface area contributed by atoms with Gasteiger partial charge in [0.05, 0.1) is 20.0 Å². The molecule has 0 saturated heterocycles. The largest absolute Gasteiger partial charge is 0.493 e. The van der Waals surface area contributed by atoms with Gasteiger partial charge >= 0.3 is 0 Å². The first kappa shape index (κ1) is 9.55. The first-order valence-electron chi connectivity index (χ1n) is 4.11. The van der Waals surface area contributed by atoms with Crippen molar-refractivity contribution in [2.24, 2.45) is 0 Å². The van der Waals surface area contributed by atoms with Gasteiger partial charge in [-0.25, -0.2) is 0 Å². The molecule has 1 N–H and O–H groups in total. The maximum atomic E-state index is 9.12. The molecule has 74 valence electrons. The van der Waals surface area contributed by atoms with E-state index in [4.69, 9.17) is 14.3 Å². The smallest absolute Gasteiger partial charge is 0.176 e. The molecule has 0 aliphatic heterocycles. The van der Waals surface area contributed by atoms with Gasteiger partial charge in [-0.15, -0.1) is 0 Å². The molecule has 0 aliphatic carbocycles. The Labute approximate surface area is 89.4 Å². The first-order valence-corrected chi connectivity index (χ1v) is 4.90. The van der Waals surface area contributed by atoms with Crippen LogP contribution in [0.15, 0.2) is 27.3 Å². The Kier molecular flexibility index (Phi) is 2.48. The SMILES string of the molecule is COc1cc(CO)c(Br)c2ccoc12. The number of furan rings is 1. The lowest BCUT2D eigenvalue weighted by Gasteiger charge is -2.06. The van der Waals surface area contributed by atoms with Crippen LogP contribution in [0.3, 0.4) is 0 Å². The number of benzene rings is 1. The highest BCUT2D eigenvalue weighted by Crippen LogP contribution is 2.35. The number of fused-ring (bicyclic) bond motifs is 1. The lowest BCUT2D eigenvalue weighted by Crippen LogP contribution is -1.90. The maximum Gasteiger partial charge on any atom is 0.176 e. The van der Waals surface area contributed by atoms with Crippen LogP contribution in [0.5, 0.6) is 5.75 Å². The van der Waals surface area contributed by atoms with E-state index in [-0.39, 0.29) is 6.61 Å². The van der Waals surface area contributed by atoms with E-state index in [1.54, 1.807) is 19.4 Å². The van der Waals surface area contributed by atoms with Gasteiger partial charge in [0.25, 0.3) is 0 Å². The minimum Gasteiger partial charge on any atom is -0.493 e. The second-order valence-electron chi connectivity index (χ2n) is 2.87. The Morgan fingerprint density at radius 3 is 3.00 bits per heavy atom. The summed E-state index contributed by atoms with van der Waals surface area (Å²) < 4.78 is 11.3. The molecule has 3 nitrogen and oxygen atoms in total. The number of aliphatic hydroxyl groups excluding tert-OH is 1. The highest BCUT2D eigenvalue weighted by Gasteiger charge is 2.12. The van der Waals surface area contributed by atoms with Crippen LogP contribution < -0.4 is 4.74 Å². The van der Waals surface area contributed by atoms with E-state index in [0.717, 1.165) is 15.4 Å². The van der Waals surface area contributed by atoms with Crippen LogP contribution in [0.2, 0.25) is 0 Å². The minimum absolute atomic E-state index is 0.0297. The highest BCUT2D eigenvalue weighted by atomic mass is 79.9. The van der Waals surface area contributed by atoms with Gasteiger partial charge in [-0.3, -0.25) is 0 Å². The van der Waals surface area contributed by atoms with Crippen LogP contribution in [0, 0.1) is 0 Å². The Balaban J connectivity index is 2.80. The normalized spacial score (nSPS) is 10.8. The topological polar surface area (TPSA) is 42.6 Å². The third-order valence-electron chi connectivity index (χ3n) is 2.10. The van der Waals surface area contributed by atoms with Crippen LogP contribution in [-0.2, 0) is 6.61 Å². The number of halogens is 1. The molecule has 4 heteroatoms. The van der Waals surface area contributed by atoms with E-state index in [1.165, 1.54) is 0 Å². The fourth-order valence-electron chi connectivity index (χ4n) is 1.40. The minimum atomic E-state index is -0.0297. The predicted octanol–water partition coefficient (Wildman–Crippen LogP) is 2.70. The van der Waals surface area contributed by atoms with Crippen molar-refractivity contribution in [3.05, 3.63) is 28.4 Å². The Morgan fingerprint density at radius 1 is 1.57 bits per heavy atom. The van der Waals surface area contributed by atoms with Crippen LogP contribution >= 0.6 is 15.9 Å². The maximum absolute atomic E-state index is 9.12. The van der Waals surface area contributed by atoms with Crippen LogP contribution in [-0.4, -0.2) is 12.2 Å². The fourth-order valence-corrected chi connectivity index (χ4v) is 1.95. The molecular formula is C10H9BrO3. The molecule has 0 bridgehead atoms. The van der Waals surface area contributed by atoms with E-state index in [9.17, 15) is 0 Å². The molecular weight excluding hydrogens is 248 g/mol. The molecule has 0 aliphatic rings. The van der Waals surface area contributed by atoms with Gasteiger partial charge in [0.15, 0.2) is 11.3 Å². The summed E-state index contributed by atoms with van der Waals surface area (Å²) in [4.78, 5) is 0. The van der Waals surface area contributed by atoms with Gasteiger partial charge < -0.3 is 14.3 Å². The molecule has 2 aromatic rings. The molecule has 1 aromatic carbocycles. The molecule has 0 unspecified atom stereocenters.